The highest BCUT2D eigenvalue weighted by Gasteiger charge is 2.19. The molecule has 0 heteroatoms. The first-order valence-electron chi connectivity index (χ1n) is 6.43. The third kappa shape index (κ3) is 7.41. The van der Waals surface area contributed by atoms with Crippen LogP contribution in [0, 0.1) is 23.7 Å². The fourth-order valence-corrected chi connectivity index (χ4v) is 2.05. The van der Waals surface area contributed by atoms with Gasteiger partial charge < -0.3 is 0 Å². The highest BCUT2D eigenvalue weighted by Crippen LogP contribution is 2.32. The predicted molar refractivity (Wildman–Crippen MR) is 66.5 cm³/mol. The van der Waals surface area contributed by atoms with Gasteiger partial charge in [-0.15, -0.1) is 0 Å². The van der Waals surface area contributed by atoms with Gasteiger partial charge in [0.25, 0.3) is 0 Å². The molecule has 1 rings (SSSR count). The molecule has 0 aromatic carbocycles. The average molecular weight is 198 g/mol. The van der Waals surface area contributed by atoms with Crippen molar-refractivity contribution in [1.82, 2.24) is 0 Å². The third-order valence-corrected chi connectivity index (χ3v) is 3.04. The molecule has 1 fully saturated rings. The van der Waals surface area contributed by atoms with Crippen LogP contribution in [0.5, 0.6) is 0 Å². The standard InChI is InChI=1S/C7H14.C7H16/c1-6(2)7-4-3-5-7;1-6(2)5-7(3)4/h6-7H,3-5H2,1-2H3;6-7H,5H2,1-4H3. The fraction of sp³-hybridized carbons (Fsp3) is 1.00. The molecule has 1 aliphatic rings. The lowest BCUT2D eigenvalue weighted by Crippen LogP contribution is -2.16. The van der Waals surface area contributed by atoms with Crippen LogP contribution in [-0.4, -0.2) is 0 Å². The Balaban J connectivity index is 0.000000241. The zero-order valence-corrected chi connectivity index (χ0v) is 11.1. The van der Waals surface area contributed by atoms with Gasteiger partial charge in [0.2, 0.25) is 0 Å². The van der Waals surface area contributed by atoms with Gasteiger partial charge >= 0.3 is 0 Å². The molecule has 0 nitrogen and oxygen atoms in total. The normalized spacial score (nSPS) is 16.9. The van der Waals surface area contributed by atoms with E-state index in [1.165, 1.54) is 25.7 Å². The second-order valence-electron chi connectivity index (χ2n) is 5.96. The van der Waals surface area contributed by atoms with Crippen molar-refractivity contribution in [1.29, 1.82) is 0 Å². The Hall–Kier alpha value is 0. The van der Waals surface area contributed by atoms with E-state index in [1.807, 2.05) is 0 Å². The largest absolute Gasteiger partial charge is 0.0628 e. The van der Waals surface area contributed by atoms with Crippen LogP contribution >= 0.6 is 0 Å². The summed E-state index contributed by atoms with van der Waals surface area (Å²) in [5.41, 5.74) is 0. The summed E-state index contributed by atoms with van der Waals surface area (Å²) in [5, 5.41) is 0. The Morgan fingerprint density at radius 3 is 1.29 bits per heavy atom. The molecule has 14 heavy (non-hydrogen) atoms. The van der Waals surface area contributed by atoms with E-state index in [1.54, 1.807) is 0 Å². The molecule has 0 radical (unpaired) electrons. The summed E-state index contributed by atoms with van der Waals surface area (Å²) in [4.78, 5) is 0. The molecule has 0 spiro atoms. The monoisotopic (exact) mass is 198 g/mol. The van der Waals surface area contributed by atoms with E-state index >= 15 is 0 Å². The molecular weight excluding hydrogens is 168 g/mol. The Bertz CT molecular complexity index is 112. The minimum atomic E-state index is 0.875. The van der Waals surface area contributed by atoms with Crippen molar-refractivity contribution >= 4 is 0 Å². The van der Waals surface area contributed by atoms with Gasteiger partial charge in [-0.25, -0.2) is 0 Å². The molecule has 0 atom stereocenters. The van der Waals surface area contributed by atoms with Gasteiger partial charge in [-0.1, -0.05) is 60.8 Å². The lowest BCUT2D eigenvalue weighted by atomic mass is 9.78. The van der Waals surface area contributed by atoms with Gasteiger partial charge in [0.15, 0.2) is 0 Å². The molecule has 86 valence electrons. The van der Waals surface area contributed by atoms with Crippen molar-refractivity contribution in [3.63, 3.8) is 0 Å². The van der Waals surface area contributed by atoms with Gasteiger partial charge in [0, 0.05) is 0 Å². The van der Waals surface area contributed by atoms with Gasteiger partial charge in [-0.2, -0.15) is 0 Å². The topological polar surface area (TPSA) is 0 Å². The average Bonchev–Trinajstić information content (AvgIpc) is 1.77. The number of rotatable bonds is 3. The molecule has 1 saturated carbocycles. The third-order valence-electron chi connectivity index (χ3n) is 3.04. The van der Waals surface area contributed by atoms with E-state index in [0.29, 0.717) is 0 Å². The highest BCUT2D eigenvalue weighted by atomic mass is 14.3. The van der Waals surface area contributed by atoms with Crippen molar-refractivity contribution in [2.45, 2.75) is 67.2 Å². The lowest BCUT2D eigenvalue weighted by Gasteiger charge is -2.28. The van der Waals surface area contributed by atoms with Crippen LogP contribution in [0.3, 0.4) is 0 Å². The summed E-state index contributed by atoms with van der Waals surface area (Å²) in [7, 11) is 0. The van der Waals surface area contributed by atoms with E-state index < -0.39 is 0 Å². The Morgan fingerprint density at radius 1 is 0.857 bits per heavy atom. The van der Waals surface area contributed by atoms with E-state index in [0.717, 1.165) is 23.7 Å². The summed E-state index contributed by atoms with van der Waals surface area (Å²) in [6.45, 7) is 13.7. The zero-order valence-electron chi connectivity index (χ0n) is 11.1. The van der Waals surface area contributed by atoms with Crippen molar-refractivity contribution in [2.75, 3.05) is 0 Å². The Kier molecular flexibility index (Phi) is 7.31. The maximum Gasteiger partial charge on any atom is -0.0391 e. The molecule has 1 aliphatic carbocycles. The zero-order chi connectivity index (χ0) is 11.1. The number of hydrogen-bond acceptors (Lipinski definition) is 0. The van der Waals surface area contributed by atoms with Crippen molar-refractivity contribution in [3.8, 4) is 0 Å². The van der Waals surface area contributed by atoms with E-state index in [9.17, 15) is 0 Å². The molecule has 0 N–H and O–H groups in total. The molecular formula is C14H30. The van der Waals surface area contributed by atoms with Gasteiger partial charge in [0.05, 0.1) is 0 Å². The van der Waals surface area contributed by atoms with E-state index in [2.05, 4.69) is 41.5 Å². The summed E-state index contributed by atoms with van der Waals surface area (Å²) in [6, 6.07) is 0. The first kappa shape index (κ1) is 14.0. The molecule has 0 saturated heterocycles. The van der Waals surface area contributed by atoms with Gasteiger partial charge in [-0.3, -0.25) is 0 Å². The second-order valence-corrected chi connectivity index (χ2v) is 5.96. The minimum Gasteiger partial charge on any atom is -0.0628 e. The fourth-order valence-electron chi connectivity index (χ4n) is 2.05. The van der Waals surface area contributed by atoms with E-state index in [-0.39, 0.29) is 0 Å². The molecule has 0 unspecified atom stereocenters. The van der Waals surface area contributed by atoms with Crippen molar-refractivity contribution in [3.05, 3.63) is 0 Å². The van der Waals surface area contributed by atoms with Gasteiger partial charge in [0.1, 0.15) is 0 Å². The Labute approximate surface area is 91.5 Å². The van der Waals surface area contributed by atoms with Crippen LogP contribution in [0.2, 0.25) is 0 Å². The van der Waals surface area contributed by atoms with Crippen molar-refractivity contribution < 1.29 is 0 Å². The maximum absolute atomic E-state index is 2.32. The smallest absolute Gasteiger partial charge is 0.0391 e. The molecule has 0 aromatic heterocycles. The molecule has 0 aromatic rings. The summed E-state index contributed by atoms with van der Waals surface area (Å²) >= 11 is 0. The van der Waals surface area contributed by atoms with Crippen LogP contribution in [-0.2, 0) is 0 Å². The van der Waals surface area contributed by atoms with Crippen LogP contribution < -0.4 is 0 Å². The second kappa shape index (κ2) is 7.31. The highest BCUT2D eigenvalue weighted by molar-refractivity contribution is 4.71. The Morgan fingerprint density at radius 2 is 1.29 bits per heavy atom. The summed E-state index contributed by atoms with van der Waals surface area (Å²) < 4.78 is 0. The van der Waals surface area contributed by atoms with Gasteiger partial charge in [-0.05, 0) is 30.1 Å². The molecule has 0 bridgehead atoms. The minimum absolute atomic E-state index is 0.875. The molecule has 0 amide bonds. The first-order chi connectivity index (χ1) is 6.43. The van der Waals surface area contributed by atoms with Crippen LogP contribution in [0.25, 0.3) is 0 Å². The lowest BCUT2D eigenvalue weighted by molar-refractivity contribution is 0.235. The molecule has 0 aliphatic heterocycles. The first-order valence-corrected chi connectivity index (χ1v) is 6.43. The van der Waals surface area contributed by atoms with Crippen LogP contribution in [0.15, 0.2) is 0 Å². The molecule has 0 heterocycles. The van der Waals surface area contributed by atoms with Crippen molar-refractivity contribution in [2.24, 2.45) is 23.7 Å². The maximum atomic E-state index is 2.32. The summed E-state index contributed by atoms with van der Waals surface area (Å²) in [6.07, 6.45) is 5.85. The van der Waals surface area contributed by atoms with E-state index in [4.69, 9.17) is 0 Å². The SMILES string of the molecule is CC(C)C1CCC1.CC(C)CC(C)C. The van der Waals surface area contributed by atoms with Crippen LogP contribution in [0.4, 0.5) is 0 Å². The predicted octanol–water partition coefficient (Wildman–Crippen LogP) is 5.13. The van der Waals surface area contributed by atoms with Crippen LogP contribution in [0.1, 0.15) is 67.2 Å². The number of hydrogen-bond donors (Lipinski definition) is 0. The summed E-state index contributed by atoms with van der Waals surface area (Å²) in [5.74, 6) is 3.79. The quantitative estimate of drug-likeness (QED) is 0.589.